The van der Waals surface area contributed by atoms with Crippen molar-refractivity contribution >= 4 is 0 Å². The average molecular weight is 333 g/mol. The topological polar surface area (TPSA) is 34.1 Å². The van der Waals surface area contributed by atoms with Crippen LogP contribution in [0.4, 0.5) is 0 Å². The Hall–Kier alpha value is 0.314. The van der Waals surface area contributed by atoms with Crippen molar-refractivity contribution in [2.75, 3.05) is 0 Å². The minimum atomic E-state index is -2.00. The molecular formula is C18H37O2Ti-. The standard InChI is InChI=1S/C18H37.2O.Ti/c1-3-5-7-9-11-13-15-17-18-16-14-12-10-8-6-4-2;;;/h1,3-18H2,2H3;;;/q-1;;;. The monoisotopic (exact) mass is 333 g/mol. The van der Waals surface area contributed by atoms with E-state index in [9.17, 15) is 0 Å². The van der Waals surface area contributed by atoms with Crippen molar-refractivity contribution in [1.82, 2.24) is 0 Å². The Bertz CT molecular complexity index is 185. The number of rotatable bonds is 15. The van der Waals surface area contributed by atoms with Gasteiger partial charge >= 0.3 is 25.7 Å². The molecule has 0 aliphatic rings. The van der Waals surface area contributed by atoms with Crippen molar-refractivity contribution in [2.45, 2.75) is 110 Å². The first-order valence-electron chi connectivity index (χ1n) is 9.12. The quantitative estimate of drug-likeness (QED) is 0.187. The summed E-state index contributed by atoms with van der Waals surface area (Å²) in [5.41, 5.74) is 0. The summed E-state index contributed by atoms with van der Waals surface area (Å²) in [7, 11) is 0. The molecular weight excluding hydrogens is 296 g/mol. The molecule has 0 heterocycles. The van der Waals surface area contributed by atoms with Crippen LogP contribution in [0.1, 0.15) is 110 Å². The van der Waals surface area contributed by atoms with Gasteiger partial charge in [-0.15, -0.1) is 0 Å². The van der Waals surface area contributed by atoms with E-state index in [1.807, 2.05) is 0 Å². The number of hydrogen-bond donors (Lipinski definition) is 0. The molecule has 21 heavy (non-hydrogen) atoms. The average Bonchev–Trinajstić information content (AvgIpc) is 2.48. The van der Waals surface area contributed by atoms with Crippen LogP contribution in [-0.2, 0) is 25.7 Å². The molecule has 0 N–H and O–H groups in total. The number of hydrogen-bond acceptors (Lipinski definition) is 2. The fourth-order valence-corrected chi connectivity index (χ4v) is 2.55. The minimum absolute atomic E-state index is 1.12. The normalized spacial score (nSPS) is 9.81. The van der Waals surface area contributed by atoms with Crippen LogP contribution < -0.4 is 0 Å². The van der Waals surface area contributed by atoms with Gasteiger partial charge < -0.3 is 6.92 Å². The Morgan fingerprint density at radius 2 is 0.810 bits per heavy atom. The maximum absolute atomic E-state index is 8.50. The first-order valence-corrected chi connectivity index (χ1v) is 10.4. The van der Waals surface area contributed by atoms with E-state index in [2.05, 4.69) is 13.8 Å². The summed E-state index contributed by atoms with van der Waals surface area (Å²) < 4.78 is 17.0. The van der Waals surface area contributed by atoms with Crippen LogP contribution in [0.2, 0.25) is 0 Å². The molecule has 3 heteroatoms. The van der Waals surface area contributed by atoms with Crippen LogP contribution >= 0.6 is 0 Å². The van der Waals surface area contributed by atoms with Crippen LogP contribution in [0.25, 0.3) is 0 Å². The van der Waals surface area contributed by atoms with Gasteiger partial charge in [0.2, 0.25) is 0 Å². The van der Waals surface area contributed by atoms with Gasteiger partial charge in [0.05, 0.1) is 0 Å². The van der Waals surface area contributed by atoms with E-state index in [0.29, 0.717) is 0 Å². The summed E-state index contributed by atoms with van der Waals surface area (Å²) in [5, 5.41) is 0. The summed E-state index contributed by atoms with van der Waals surface area (Å²) in [6.07, 6.45) is 22.8. The van der Waals surface area contributed by atoms with Crippen molar-refractivity contribution in [1.29, 1.82) is 0 Å². The Morgan fingerprint density at radius 3 is 1.05 bits per heavy atom. The summed E-state index contributed by atoms with van der Waals surface area (Å²) in [6, 6.07) is 0. The van der Waals surface area contributed by atoms with Crippen molar-refractivity contribution in [2.24, 2.45) is 0 Å². The van der Waals surface area contributed by atoms with Gasteiger partial charge in [0.25, 0.3) is 0 Å². The Morgan fingerprint density at radius 1 is 0.571 bits per heavy atom. The van der Waals surface area contributed by atoms with Crippen LogP contribution in [0.15, 0.2) is 0 Å². The molecule has 0 fully saturated rings. The van der Waals surface area contributed by atoms with Crippen molar-refractivity contribution < 1.29 is 25.7 Å². The summed E-state index contributed by atoms with van der Waals surface area (Å²) in [6.45, 7) is 6.18. The van der Waals surface area contributed by atoms with Gasteiger partial charge in [-0.3, -0.25) is 0 Å². The SMILES string of the molecule is [CH2-]CCCCCCCCCCCCCCCCC.[O]=[Ti]=[O]. The molecule has 126 valence electrons. The molecule has 0 aliphatic heterocycles. The third-order valence-corrected chi connectivity index (χ3v) is 3.85. The van der Waals surface area contributed by atoms with Crippen LogP contribution in [-0.4, -0.2) is 0 Å². The summed E-state index contributed by atoms with van der Waals surface area (Å²) in [5.74, 6) is 0. The van der Waals surface area contributed by atoms with Crippen LogP contribution in [0.3, 0.4) is 0 Å². The fourth-order valence-electron chi connectivity index (χ4n) is 2.55. The second-order valence-electron chi connectivity index (χ2n) is 5.89. The molecule has 0 aromatic heterocycles. The van der Waals surface area contributed by atoms with E-state index in [1.165, 1.54) is 96.3 Å². The van der Waals surface area contributed by atoms with E-state index in [-0.39, 0.29) is 0 Å². The molecule has 0 radical (unpaired) electrons. The first-order chi connectivity index (χ1) is 10.3. The maximum atomic E-state index is 8.50. The van der Waals surface area contributed by atoms with E-state index < -0.39 is 19.1 Å². The Balaban J connectivity index is 0. The van der Waals surface area contributed by atoms with Crippen LogP contribution in [0.5, 0.6) is 0 Å². The molecule has 0 unspecified atom stereocenters. The molecule has 0 aromatic carbocycles. The molecule has 0 rings (SSSR count). The molecule has 0 amide bonds. The van der Waals surface area contributed by atoms with Gasteiger partial charge in [-0.1, -0.05) is 103 Å². The predicted molar refractivity (Wildman–Crippen MR) is 86.3 cm³/mol. The van der Waals surface area contributed by atoms with E-state index in [1.54, 1.807) is 0 Å². The molecule has 0 saturated heterocycles. The predicted octanol–water partition coefficient (Wildman–Crippen LogP) is 6.84. The fraction of sp³-hybridized carbons (Fsp3) is 0.944. The molecule has 0 saturated carbocycles. The Labute approximate surface area is 142 Å². The van der Waals surface area contributed by atoms with Gasteiger partial charge in [-0.25, -0.2) is 0 Å². The Kier molecular flexibility index (Phi) is 28.4. The van der Waals surface area contributed by atoms with Gasteiger partial charge in [-0.2, -0.15) is 6.42 Å². The van der Waals surface area contributed by atoms with Gasteiger partial charge in [0.1, 0.15) is 0 Å². The molecule has 0 atom stereocenters. The molecule has 0 aliphatic carbocycles. The zero-order valence-electron chi connectivity index (χ0n) is 14.3. The van der Waals surface area contributed by atoms with Gasteiger partial charge in [0, 0.05) is 0 Å². The second kappa shape index (κ2) is 25.3. The second-order valence-corrected chi connectivity index (χ2v) is 6.15. The molecule has 0 spiro atoms. The molecule has 2 nitrogen and oxygen atoms in total. The van der Waals surface area contributed by atoms with Crippen molar-refractivity contribution in [3.8, 4) is 0 Å². The van der Waals surface area contributed by atoms with Crippen molar-refractivity contribution in [3.05, 3.63) is 6.92 Å². The van der Waals surface area contributed by atoms with Crippen molar-refractivity contribution in [3.63, 3.8) is 0 Å². The summed E-state index contributed by atoms with van der Waals surface area (Å²) >= 11 is -2.00. The van der Waals surface area contributed by atoms with E-state index in [0.717, 1.165) is 6.42 Å². The molecule has 0 bridgehead atoms. The number of unbranched alkanes of at least 4 members (excludes halogenated alkanes) is 15. The van der Waals surface area contributed by atoms with E-state index in [4.69, 9.17) is 6.65 Å². The van der Waals surface area contributed by atoms with Crippen LogP contribution in [0, 0.1) is 6.92 Å². The summed E-state index contributed by atoms with van der Waals surface area (Å²) in [4.78, 5) is 0. The zero-order valence-corrected chi connectivity index (χ0v) is 15.9. The third kappa shape index (κ3) is 29.1. The molecule has 0 aromatic rings. The van der Waals surface area contributed by atoms with Gasteiger partial charge in [-0.05, 0) is 0 Å². The zero-order chi connectivity index (χ0) is 16.0. The third-order valence-electron chi connectivity index (χ3n) is 3.85. The van der Waals surface area contributed by atoms with Gasteiger partial charge in [0.15, 0.2) is 0 Å². The van der Waals surface area contributed by atoms with E-state index >= 15 is 0 Å². The first kappa shape index (κ1) is 23.6.